The number of carboxylic acid groups (broad SMARTS) is 1. The summed E-state index contributed by atoms with van der Waals surface area (Å²) in [7, 11) is 0. The molecule has 1 aliphatic rings. The van der Waals surface area contributed by atoms with E-state index in [-0.39, 0.29) is 32.0 Å². The van der Waals surface area contributed by atoms with Gasteiger partial charge in [-0.05, 0) is 18.2 Å². The topological polar surface area (TPSA) is 95.9 Å². The minimum absolute atomic E-state index is 0.00903. The van der Waals surface area contributed by atoms with Gasteiger partial charge in [0.05, 0.1) is 12.1 Å². The number of hydrogen-bond donors (Lipinski definition) is 2. The quantitative estimate of drug-likeness (QED) is 0.832. The number of benzene rings is 1. The molecule has 1 heterocycles. The molecular formula is C13H13ClN2O5. The van der Waals surface area contributed by atoms with Crippen LogP contribution < -0.4 is 15.0 Å². The van der Waals surface area contributed by atoms with Crippen LogP contribution in [0.5, 0.6) is 5.75 Å². The number of nitrogens with zero attached hydrogens (tertiary/aromatic N) is 1. The summed E-state index contributed by atoms with van der Waals surface area (Å²) in [5.41, 5.74) is 0.423. The number of fused-ring (bicyclic) bond motifs is 1. The number of rotatable bonds is 5. The maximum Gasteiger partial charge on any atom is 0.305 e. The second-order valence-corrected chi connectivity index (χ2v) is 4.81. The standard InChI is InChI=1S/C13H13ClN2O5/c14-8-1-2-10-9(5-8)16(12(18)7-21-10)6-11(17)15-4-3-13(19)20/h1-2,5H,3-4,6-7H2,(H,15,17)(H,19,20). The van der Waals surface area contributed by atoms with E-state index in [4.69, 9.17) is 21.4 Å². The minimum Gasteiger partial charge on any atom is -0.482 e. The van der Waals surface area contributed by atoms with Gasteiger partial charge < -0.3 is 15.2 Å². The zero-order chi connectivity index (χ0) is 15.4. The molecule has 0 radical (unpaired) electrons. The summed E-state index contributed by atoms with van der Waals surface area (Å²) in [6, 6.07) is 4.79. The predicted octanol–water partition coefficient (Wildman–Crippen LogP) is 0.656. The van der Waals surface area contributed by atoms with Crippen molar-refractivity contribution in [3.63, 3.8) is 0 Å². The molecule has 2 rings (SSSR count). The van der Waals surface area contributed by atoms with E-state index in [1.165, 1.54) is 4.90 Å². The van der Waals surface area contributed by atoms with Gasteiger partial charge in [-0.3, -0.25) is 19.3 Å². The number of anilines is 1. The highest BCUT2D eigenvalue weighted by molar-refractivity contribution is 6.31. The van der Waals surface area contributed by atoms with Crippen LogP contribution in [0.2, 0.25) is 5.02 Å². The Morgan fingerprint density at radius 1 is 1.43 bits per heavy atom. The Labute approximate surface area is 125 Å². The number of hydrogen-bond acceptors (Lipinski definition) is 4. The number of carbonyl (C=O) groups excluding carboxylic acids is 2. The lowest BCUT2D eigenvalue weighted by Gasteiger charge is -2.28. The molecule has 8 heteroatoms. The minimum atomic E-state index is -1.00. The summed E-state index contributed by atoms with van der Waals surface area (Å²) in [5.74, 6) is -1.34. The van der Waals surface area contributed by atoms with Crippen LogP contribution in [0.4, 0.5) is 5.69 Å². The number of nitrogens with one attached hydrogen (secondary N) is 1. The number of carboxylic acids is 1. The van der Waals surface area contributed by atoms with Crippen LogP contribution in [0, 0.1) is 0 Å². The lowest BCUT2D eigenvalue weighted by Crippen LogP contribution is -2.45. The molecular weight excluding hydrogens is 300 g/mol. The van der Waals surface area contributed by atoms with E-state index in [9.17, 15) is 14.4 Å². The Kier molecular flexibility index (Phi) is 4.64. The van der Waals surface area contributed by atoms with Crippen molar-refractivity contribution in [2.45, 2.75) is 6.42 Å². The van der Waals surface area contributed by atoms with Crippen LogP contribution in [-0.2, 0) is 14.4 Å². The van der Waals surface area contributed by atoms with Crippen LogP contribution in [0.1, 0.15) is 6.42 Å². The van der Waals surface area contributed by atoms with E-state index in [1.54, 1.807) is 18.2 Å². The van der Waals surface area contributed by atoms with E-state index in [0.717, 1.165) is 0 Å². The van der Waals surface area contributed by atoms with Crippen molar-refractivity contribution in [2.75, 3.05) is 24.6 Å². The summed E-state index contributed by atoms with van der Waals surface area (Å²) in [6.45, 7) is -0.360. The van der Waals surface area contributed by atoms with E-state index in [0.29, 0.717) is 16.5 Å². The number of aliphatic carboxylic acids is 1. The summed E-state index contributed by atoms with van der Waals surface area (Å²) in [6.07, 6.45) is -0.175. The Bertz CT molecular complexity index is 590. The van der Waals surface area contributed by atoms with E-state index >= 15 is 0 Å². The van der Waals surface area contributed by atoms with Gasteiger partial charge in [0.2, 0.25) is 5.91 Å². The van der Waals surface area contributed by atoms with Gasteiger partial charge in [0.25, 0.3) is 5.91 Å². The average molecular weight is 313 g/mol. The van der Waals surface area contributed by atoms with Crippen molar-refractivity contribution >= 4 is 35.1 Å². The first-order valence-electron chi connectivity index (χ1n) is 6.18. The van der Waals surface area contributed by atoms with Crippen molar-refractivity contribution in [2.24, 2.45) is 0 Å². The number of amides is 2. The molecule has 0 saturated carbocycles. The van der Waals surface area contributed by atoms with Crippen molar-refractivity contribution < 1.29 is 24.2 Å². The molecule has 0 spiro atoms. The molecule has 1 aromatic rings. The zero-order valence-corrected chi connectivity index (χ0v) is 11.7. The smallest absolute Gasteiger partial charge is 0.305 e. The average Bonchev–Trinajstić information content (AvgIpc) is 2.42. The summed E-state index contributed by atoms with van der Waals surface area (Å²) >= 11 is 5.89. The zero-order valence-electron chi connectivity index (χ0n) is 11.0. The molecule has 0 unspecified atom stereocenters. The third-order valence-corrected chi connectivity index (χ3v) is 3.06. The van der Waals surface area contributed by atoms with Gasteiger partial charge in [-0.25, -0.2) is 0 Å². The van der Waals surface area contributed by atoms with Crippen molar-refractivity contribution in [1.82, 2.24) is 5.32 Å². The van der Waals surface area contributed by atoms with Gasteiger partial charge in [-0.2, -0.15) is 0 Å². The molecule has 112 valence electrons. The third kappa shape index (κ3) is 3.85. The van der Waals surface area contributed by atoms with Crippen molar-refractivity contribution in [1.29, 1.82) is 0 Å². The van der Waals surface area contributed by atoms with E-state index in [1.807, 2.05) is 0 Å². The SMILES string of the molecule is O=C(O)CCNC(=O)CN1C(=O)COc2ccc(Cl)cc21. The first kappa shape index (κ1) is 15.1. The molecule has 21 heavy (non-hydrogen) atoms. The predicted molar refractivity (Wildman–Crippen MR) is 74.6 cm³/mol. The van der Waals surface area contributed by atoms with E-state index < -0.39 is 11.9 Å². The van der Waals surface area contributed by atoms with Crippen molar-refractivity contribution in [3.8, 4) is 5.75 Å². The maximum atomic E-state index is 11.9. The third-order valence-electron chi connectivity index (χ3n) is 2.83. The summed E-state index contributed by atoms with van der Waals surface area (Å²) in [5, 5.41) is 11.4. The molecule has 0 fully saturated rings. The van der Waals surface area contributed by atoms with Crippen molar-refractivity contribution in [3.05, 3.63) is 23.2 Å². The van der Waals surface area contributed by atoms with Crippen LogP contribution >= 0.6 is 11.6 Å². The van der Waals surface area contributed by atoms with Crippen LogP contribution in [0.3, 0.4) is 0 Å². The lowest BCUT2D eigenvalue weighted by molar-refractivity contribution is -0.137. The number of carbonyl (C=O) groups is 3. The largest absolute Gasteiger partial charge is 0.482 e. The fourth-order valence-electron chi connectivity index (χ4n) is 1.86. The molecule has 0 atom stereocenters. The fraction of sp³-hybridized carbons (Fsp3) is 0.308. The summed E-state index contributed by atoms with van der Waals surface area (Å²) in [4.78, 5) is 35.3. The van der Waals surface area contributed by atoms with Gasteiger partial charge in [-0.15, -0.1) is 0 Å². The lowest BCUT2D eigenvalue weighted by atomic mass is 10.2. The molecule has 0 bridgehead atoms. The molecule has 0 saturated heterocycles. The van der Waals surface area contributed by atoms with E-state index in [2.05, 4.69) is 5.32 Å². The first-order valence-corrected chi connectivity index (χ1v) is 6.56. The number of ether oxygens (including phenoxy) is 1. The first-order chi connectivity index (χ1) is 9.97. The molecule has 2 N–H and O–H groups in total. The van der Waals surface area contributed by atoms with Gasteiger partial charge in [-0.1, -0.05) is 11.6 Å². The molecule has 7 nitrogen and oxygen atoms in total. The Morgan fingerprint density at radius 3 is 2.90 bits per heavy atom. The Balaban J connectivity index is 2.05. The molecule has 0 aromatic heterocycles. The van der Waals surface area contributed by atoms with Crippen LogP contribution in [0.25, 0.3) is 0 Å². The molecule has 1 aromatic carbocycles. The second-order valence-electron chi connectivity index (χ2n) is 4.37. The van der Waals surface area contributed by atoms with Crippen LogP contribution in [-0.4, -0.2) is 42.6 Å². The number of halogens is 1. The molecule has 1 aliphatic heterocycles. The van der Waals surface area contributed by atoms with Gasteiger partial charge >= 0.3 is 5.97 Å². The highest BCUT2D eigenvalue weighted by atomic mass is 35.5. The monoisotopic (exact) mass is 312 g/mol. The van der Waals surface area contributed by atoms with Gasteiger partial charge in [0, 0.05) is 11.6 Å². The highest BCUT2D eigenvalue weighted by Gasteiger charge is 2.27. The van der Waals surface area contributed by atoms with Gasteiger partial charge in [0.1, 0.15) is 12.3 Å². The van der Waals surface area contributed by atoms with Crippen LogP contribution in [0.15, 0.2) is 18.2 Å². The second kappa shape index (κ2) is 6.45. The molecule has 2 amide bonds. The summed E-state index contributed by atoms with van der Waals surface area (Å²) < 4.78 is 5.26. The Hall–Kier alpha value is -2.28. The molecule has 0 aliphatic carbocycles. The van der Waals surface area contributed by atoms with Gasteiger partial charge in [0.15, 0.2) is 6.61 Å². The fourth-order valence-corrected chi connectivity index (χ4v) is 2.02. The highest BCUT2D eigenvalue weighted by Crippen LogP contribution is 2.34. The Morgan fingerprint density at radius 2 is 2.19 bits per heavy atom. The normalized spacial score (nSPS) is 13.4. The maximum absolute atomic E-state index is 11.9.